The number of aliphatic hydroxyl groups is 2. The first-order valence-corrected chi connectivity index (χ1v) is 5.66. The molecule has 8 nitrogen and oxygen atoms in total. The van der Waals surface area contributed by atoms with Crippen molar-refractivity contribution in [2.24, 2.45) is 0 Å². The molecule has 3 rings (SSSR count). The third-order valence-corrected chi connectivity index (χ3v) is 3.31. The van der Waals surface area contributed by atoms with Crippen molar-refractivity contribution in [2.45, 2.75) is 24.5 Å². The predicted molar refractivity (Wildman–Crippen MR) is 62.2 cm³/mol. The van der Waals surface area contributed by atoms with Crippen LogP contribution in [0.15, 0.2) is 21.4 Å². The van der Waals surface area contributed by atoms with Crippen molar-refractivity contribution in [2.75, 3.05) is 7.11 Å². The number of fused-ring (bicyclic) bond motifs is 4. The molecule has 0 spiro atoms. The van der Waals surface area contributed by atoms with Gasteiger partial charge in [0.25, 0.3) is 5.56 Å². The maximum Gasteiger partial charge on any atom is 0.331 e. The van der Waals surface area contributed by atoms with Gasteiger partial charge in [0.2, 0.25) is 0 Å². The molecule has 0 aromatic carbocycles. The van der Waals surface area contributed by atoms with Crippen molar-refractivity contribution in [3.8, 4) is 0 Å². The van der Waals surface area contributed by atoms with E-state index in [1.165, 1.54) is 19.3 Å². The predicted octanol–water partition coefficient (Wildman–Crippen LogP) is -1.84. The molecule has 0 unspecified atom stereocenters. The SMILES string of the molecule is COC1=Cc2cc(=O)[nH]c(=O)n2[C@@H]2O[C@H]1[C@@H](O)[C@H]2O. The summed E-state index contributed by atoms with van der Waals surface area (Å²) in [6, 6.07) is 1.20. The normalized spacial score (nSPS) is 32.5. The number of aliphatic hydroxyl groups excluding tert-OH is 2. The molecule has 0 saturated carbocycles. The molecular formula is C11H12N2O6. The summed E-state index contributed by atoms with van der Waals surface area (Å²) in [6.07, 6.45) is -2.99. The average Bonchev–Trinajstić information content (AvgIpc) is 2.57. The Kier molecular flexibility index (Phi) is 2.59. The van der Waals surface area contributed by atoms with Gasteiger partial charge in [-0.05, 0) is 0 Å². The first kappa shape index (κ1) is 12.2. The number of aromatic nitrogens is 2. The van der Waals surface area contributed by atoms with Crippen molar-refractivity contribution >= 4 is 6.08 Å². The Labute approximate surface area is 106 Å². The van der Waals surface area contributed by atoms with Crippen LogP contribution < -0.4 is 11.2 Å². The average molecular weight is 268 g/mol. The maximum atomic E-state index is 11.8. The maximum absolute atomic E-state index is 11.8. The van der Waals surface area contributed by atoms with Crippen LogP contribution in [0.3, 0.4) is 0 Å². The monoisotopic (exact) mass is 268 g/mol. The van der Waals surface area contributed by atoms with Crippen LogP contribution >= 0.6 is 0 Å². The van der Waals surface area contributed by atoms with Crippen molar-refractivity contribution < 1.29 is 19.7 Å². The first-order valence-electron chi connectivity index (χ1n) is 5.66. The summed E-state index contributed by atoms with van der Waals surface area (Å²) < 4.78 is 11.6. The Bertz CT molecular complexity index is 660. The molecule has 2 aliphatic rings. The Morgan fingerprint density at radius 3 is 2.79 bits per heavy atom. The van der Waals surface area contributed by atoms with Crippen LogP contribution in [0.5, 0.6) is 0 Å². The van der Waals surface area contributed by atoms with E-state index >= 15 is 0 Å². The van der Waals surface area contributed by atoms with Gasteiger partial charge in [-0.25, -0.2) is 4.79 Å². The molecule has 0 aliphatic carbocycles. The molecule has 8 heteroatoms. The van der Waals surface area contributed by atoms with E-state index in [1.54, 1.807) is 0 Å². The lowest BCUT2D eigenvalue weighted by atomic mass is 10.1. The minimum Gasteiger partial charge on any atom is -0.498 e. The number of nitrogens with one attached hydrogen (secondary N) is 1. The molecule has 2 bridgehead atoms. The Hall–Kier alpha value is -1.90. The Balaban J connectivity index is 2.29. The van der Waals surface area contributed by atoms with Crippen molar-refractivity contribution in [1.29, 1.82) is 0 Å². The molecule has 2 aliphatic heterocycles. The number of aromatic amines is 1. The van der Waals surface area contributed by atoms with E-state index in [0.29, 0.717) is 0 Å². The summed E-state index contributed by atoms with van der Waals surface area (Å²) in [5.74, 6) is 0.241. The molecule has 0 amide bonds. The molecule has 1 aromatic heterocycles. The largest absolute Gasteiger partial charge is 0.498 e. The zero-order chi connectivity index (χ0) is 13.7. The standard InChI is InChI=1S/C11H12N2O6/c1-18-5-2-4-3-6(14)12-11(17)13(4)10-8(16)7(15)9(5)19-10/h2-3,7-10,15-16H,1H3,(H,12,14,17)/t7-,8+,9+,10+/m0/s1. The molecule has 3 N–H and O–H groups in total. The van der Waals surface area contributed by atoms with Crippen LogP contribution in [-0.4, -0.2) is 45.2 Å². The van der Waals surface area contributed by atoms with Gasteiger partial charge in [0.1, 0.15) is 24.1 Å². The molecular weight excluding hydrogens is 256 g/mol. The topological polar surface area (TPSA) is 114 Å². The first-order chi connectivity index (χ1) is 9.02. The third-order valence-electron chi connectivity index (χ3n) is 3.31. The zero-order valence-electron chi connectivity index (χ0n) is 9.94. The second-order valence-electron chi connectivity index (χ2n) is 4.41. The van der Waals surface area contributed by atoms with Crippen molar-refractivity contribution in [3.63, 3.8) is 0 Å². The van der Waals surface area contributed by atoms with Crippen LogP contribution in [0.1, 0.15) is 11.9 Å². The number of nitrogens with zero attached hydrogens (tertiary/aromatic N) is 1. The lowest BCUT2D eigenvalue weighted by molar-refractivity contribution is -0.0383. The molecule has 1 fully saturated rings. The Morgan fingerprint density at radius 2 is 2.11 bits per heavy atom. The lowest BCUT2D eigenvalue weighted by Crippen LogP contribution is -2.40. The minimum atomic E-state index is -1.29. The van der Waals surface area contributed by atoms with E-state index in [-0.39, 0.29) is 11.5 Å². The van der Waals surface area contributed by atoms with Gasteiger partial charge in [-0.15, -0.1) is 0 Å². The van der Waals surface area contributed by atoms with Gasteiger partial charge in [0, 0.05) is 12.1 Å². The molecule has 102 valence electrons. The summed E-state index contributed by atoms with van der Waals surface area (Å²) in [6.45, 7) is 0. The number of methoxy groups -OCH3 is 1. The number of hydrogen-bond acceptors (Lipinski definition) is 6. The zero-order valence-corrected chi connectivity index (χ0v) is 9.94. The van der Waals surface area contributed by atoms with E-state index in [2.05, 4.69) is 4.98 Å². The fraction of sp³-hybridized carbons (Fsp3) is 0.455. The molecule has 3 heterocycles. The van der Waals surface area contributed by atoms with E-state index < -0.39 is 35.8 Å². The third kappa shape index (κ3) is 1.65. The Morgan fingerprint density at radius 1 is 1.37 bits per heavy atom. The van der Waals surface area contributed by atoms with Crippen LogP contribution in [0.25, 0.3) is 6.08 Å². The molecule has 0 radical (unpaired) electrons. The fourth-order valence-electron chi connectivity index (χ4n) is 2.41. The highest BCUT2D eigenvalue weighted by Crippen LogP contribution is 2.36. The highest BCUT2D eigenvalue weighted by Gasteiger charge is 2.48. The van der Waals surface area contributed by atoms with Gasteiger partial charge in [-0.3, -0.25) is 14.3 Å². The van der Waals surface area contributed by atoms with Crippen LogP contribution in [-0.2, 0) is 9.47 Å². The molecule has 1 aromatic rings. The van der Waals surface area contributed by atoms with Gasteiger partial charge in [0.15, 0.2) is 6.23 Å². The van der Waals surface area contributed by atoms with Crippen LogP contribution in [0.2, 0.25) is 0 Å². The molecule has 4 atom stereocenters. The van der Waals surface area contributed by atoms with Gasteiger partial charge < -0.3 is 19.7 Å². The number of ether oxygens (including phenoxy) is 2. The summed E-state index contributed by atoms with van der Waals surface area (Å²) >= 11 is 0. The van der Waals surface area contributed by atoms with Crippen molar-refractivity contribution in [1.82, 2.24) is 9.55 Å². The van der Waals surface area contributed by atoms with E-state index in [4.69, 9.17) is 9.47 Å². The summed E-state index contributed by atoms with van der Waals surface area (Å²) in [7, 11) is 1.38. The summed E-state index contributed by atoms with van der Waals surface area (Å²) in [5.41, 5.74) is -1.02. The van der Waals surface area contributed by atoms with Crippen LogP contribution in [0, 0.1) is 0 Å². The number of rotatable bonds is 1. The van der Waals surface area contributed by atoms with E-state index in [1.807, 2.05) is 0 Å². The van der Waals surface area contributed by atoms with Crippen LogP contribution in [0.4, 0.5) is 0 Å². The minimum absolute atomic E-state index is 0.241. The lowest BCUT2D eigenvalue weighted by Gasteiger charge is -2.20. The van der Waals surface area contributed by atoms with E-state index in [9.17, 15) is 19.8 Å². The summed E-state index contributed by atoms with van der Waals surface area (Å²) in [5, 5.41) is 19.8. The number of hydrogen-bond donors (Lipinski definition) is 3. The highest BCUT2D eigenvalue weighted by atomic mass is 16.6. The van der Waals surface area contributed by atoms with E-state index in [0.717, 1.165) is 4.57 Å². The van der Waals surface area contributed by atoms with Gasteiger partial charge in [-0.1, -0.05) is 0 Å². The quantitative estimate of drug-likeness (QED) is 0.551. The molecule has 19 heavy (non-hydrogen) atoms. The fourth-order valence-corrected chi connectivity index (χ4v) is 2.41. The summed E-state index contributed by atoms with van der Waals surface area (Å²) in [4.78, 5) is 25.3. The van der Waals surface area contributed by atoms with Gasteiger partial charge >= 0.3 is 5.69 Å². The second kappa shape index (κ2) is 4.05. The highest BCUT2D eigenvalue weighted by molar-refractivity contribution is 5.50. The smallest absolute Gasteiger partial charge is 0.331 e. The second-order valence-corrected chi connectivity index (χ2v) is 4.41. The van der Waals surface area contributed by atoms with Gasteiger partial charge in [0.05, 0.1) is 12.8 Å². The molecule has 1 saturated heterocycles. The van der Waals surface area contributed by atoms with Crippen molar-refractivity contribution in [3.05, 3.63) is 38.4 Å². The van der Waals surface area contributed by atoms with Gasteiger partial charge in [-0.2, -0.15) is 0 Å². The number of H-pyrrole nitrogens is 1.